The van der Waals surface area contributed by atoms with Crippen molar-refractivity contribution in [3.8, 4) is 5.75 Å². The number of alkyl halides is 3. The van der Waals surface area contributed by atoms with E-state index in [1.807, 2.05) is 0 Å². The molecule has 0 bridgehead atoms. The molecular weight excluding hydrogens is 265 g/mol. The van der Waals surface area contributed by atoms with E-state index in [2.05, 4.69) is 5.32 Å². The Kier molecular flexibility index (Phi) is 3.13. The molecule has 1 aliphatic rings. The van der Waals surface area contributed by atoms with Crippen LogP contribution in [0.15, 0.2) is 18.2 Å². The minimum absolute atomic E-state index is 0.148. The quantitative estimate of drug-likeness (QED) is 0.680. The van der Waals surface area contributed by atoms with Crippen molar-refractivity contribution in [2.75, 3.05) is 13.1 Å². The van der Waals surface area contributed by atoms with Crippen LogP contribution in [0.1, 0.15) is 12.5 Å². The Labute approximate surface area is 106 Å². The normalized spacial score (nSPS) is 17.7. The third kappa shape index (κ3) is 2.95. The maximum Gasteiger partial charge on any atom is 0.416 e. The van der Waals surface area contributed by atoms with Gasteiger partial charge in [0.2, 0.25) is 0 Å². The SMILES string of the molecule is CC1(Oc2cc([N+](=O)[O-])cc(C(F)(F)F)c2)CNC1. The molecule has 1 aliphatic heterocycles. The molecule has 1 fully saturated rings. The number of halogens is 3. The van der Waals surface area contributed by atoms with Crippen LogP contribution in [0.4, 0.5) is 18.9 Å². The van der Waals surface area contributed by atoms with Crippen molar-refractivity contribution < 1.29 is 22.8 Å². The van der Waals surface area contributed by atoms with Crippen LogP contribution in [0.2, 0.25) is 0 Å². The molecule has 0 unspecified atom stereocenters. The molecule has 0 aliphatic carbocycles. The smallest absolute Gasteiger partial charge is 0.416 e. The summed E-state index contributed by atoms with van der Waals surface area (Å²) < 4.78 is 43.3. The Balaban J connectivity index is 2.37. The van der Waals surface area contributed by atoms with Gasteiger partial charge in [-0.05, 0) is 13.0 Å². The zero-order valence-corrected chi connectivity index (χ0v) is 9.95. The molecule has 19 heavy (non-hydrogen) atoms. The van der Waals surface area contributed by atoms with E-state index in [1.165, 1.54) is 0 Å². The third-order valence-corrected chi connectivity index (χ3v) is 2.79. The molecule has 0 atom stereocenters. The maximum absolute atomic E-state index is 12.6. The molecule has 1 saturated heterocycles. The summed E-state index contributed by atoms with van der Waals surface area (Å²) in [5.41, 5.74) is -2.36. The topological polar surface area (TPSA) is 64.4 Å². The second-order valence-corrected chi connectivity index (χ2v) is 4.63. The van der Waals surface area contributed by atoms with Crippen LogP contribution in [-0.2, 0) is 6.18 Å². The fourth-order valence-electron chi connectivity index (χ4n) is 1.75. The molecule has 8 heteroatoms. The molecule has 1 aromatic carbocycles. The molecule has 0 saturated carbocycles. The van der Waals surface area contributed by atoms with Gasteiger partial charge in [-0.2, -0.15) is 13.2 Å². The summed E-state index contributed by atoms with van der Waals surface area (Å²) in [4.78, 5) is 9.78. The molecule has 1 N–H and O–H groups in total. The predicted molar refractivity (Wildman–Crippen MR) is 60.0 cm³/mol. The molecule has 1 heterocycles. The van der Waals surface area contributed by atoms with E-state index >= 15 is 0 Å². The second kappa shape index (κ2) is 4.37. The van der Waals surface area contributed by atoms with Crippen molar-refractivity contribution in [2.45, 2.75) is 18.7 Å². The first-order valence-electron chi connectivity index (χ1n) is 5.46. The summed E-state index contributed by atoms with van der Waals surface area (Å²) in [6.07, 6.45) is -4.65. The van der Waals surface area contributed by atoms with Crippen LogP contribution >= 0.6 is 0 Å². The van der Waals surface area contributed by atoms with Gasteiger partial charge < -0.3 is 10.1 Å². The van der Waals surface area contributed by atoms with E-state index in [4.69, 9.17) is 4.74 Å². The third-order valence-electron chi connectivity index (χ3n) is 2.79. The minimum atomic E-state index is -4.65. The highest BCUT2D eigenvalue weighted by molar-refractivity contribution is 5.44. The monoisotopic (exact) mass is 276 g/mol. The first-order chi connectivity index (χ1) is 8.70. The lowest BCUT2D eigenvalue weighted by Crippen LogP contribution is -2.61. The second-order valence-electron chi connectivity index (χ2n) is 4.63. The average molecular weight is 276 g/mol. The zero-order chi connectivity index (χ0) is 14.3. The van der Waals surface area contributed by atoms with Crippen LogP contribution in [0.5, 0.6) is 5.75 Å². The van der Waals surface area contributed by atoms with Crippen LogP contribution in [0.25, 0.3) is 0 Å². The molecule has 0 radical (unpaired) electrons. The van der Waals surface area contributed by atoms with Gasteiger partial charge in [-0.15, -0.1) is 0 Å². The molecule has 2 rings (SSSR count). The Bertz CT molecular complexity index is 512. The van der Waals surface area contributed by atoms with Crippen molar-refractivity contribution in [3.63, 3.8) is 0 Å². The molecule has 0 aromatic heterocycles. The fraction of sp³-hybridized carbons (Fsp3) is 0.455. The van der Waals surface area contributed by atoms with E-state index in [9.17, 15) is 23.3 Å². The number of ether oxygens (including phenoxy) is 1. The predicted octanol–water partition coefficient (Wildman–Crippen LogP) is 2.35. The Morgan fingerprint density at radius 3 is 2.42 bits per heavy atom. The summed E-state index contributed by atoms with van der Waals surface area (Å²) >= 11 is 0. The average Bonchev–Trinajstić information content (AvgIpc) is 2.25. The first kappa shape index (κ1) is 13.6. The molecule has 0 amide bonds. The van der Waals surface area contributed by atoms with E-state index in [0.717, 1.165) is 12.1 Å². The van der Waals surface area contributed by atoms with Crippen LogP contribution in [-0.4, -0.2) is 23.6 Å². The van der Waals surface area contributed by atoms with Crippen molar-refractivity contribution >= 4 is 5.69 Å². The van der Waals surface area contributed by atoms with E-state index in [-0.39, 0.29) is 5.75 Å². The number of nitro benzene ring substituents is 1. The molecule has 1 aromatic rings. The van der Waals surface area contributed by atoms with Gasteiger partial charge in [0, 0.05) is 19.2 Å². The van der Waals surface area contributed by atoms with Gasteiger partial charge in [-0.3, -0.25) is 10.1 Å². The lowest BCUT2D eigenvalue weighted by atomic mass is 10.00. The number of hydrogen-bond acceptors (Lipinski definition) is 4. The molecule has 5 nitrogen and oxygen atoms in total. The number of non-ortho nitro benzene ring substituents is 1. The van der Waals surface area contributed by atoms with Crippen LogP contribution in [0, 0.1) is 10.1 Å². The maximum atomic E-state index is 12.6. The number of rotatable bonds is 3. The van der Waals surface area contributed by atoms with E-state index in [1.54, 1.807) is 6.92 Å². The molecular formula is C11H11F3N2O3. The van der Waals surface area contributed by atoms with Gasteiger partial charge in [0.25, 0.3) is 5.69 Å². The van der Waals surface area contributed by atoms with Crippen LogP contribution < -0.4 is 10.1 Å². The van der Waals surface area contributed by atoms with Crippen molar-refractivity contribution in [3.05, 3.63) is 33.9 Å². The van der Waals surface area contributed by atoms with Gasteiger partial charge in [0.1, 0.15) is 11.4 Å². The molecule has 0 spiro atoms. The number of benzene rings is 1. The summed E-state index contributed by atoms with van der Waals surface area (Å²) in [6.45, 7) is 2.68. The first-order valence-corrected chi connectivity index (χ1v) is 5.46. The van der Waals surface area contributed by atoms with E-state index in [0.29, 0.717) is 19.2 Å². The fourth-order valence-corrected chi connectivity index (χ4v) is 1.75. The highest BCUT2D eigenvalue weighted by Crippen LogP contribution is 2.36. The number of nitro groups is 1. The van der Waals surface area contributed by atoms with Gasteiger partial charge in [0.05, 0.1) is 16.6 Å². The van der Waals surface area contributed by atoms with Crippen LogP contribution in [0.3, 0.4) is 0 Å². The van der Waals surface area contributed by atoms with Crippen molar-refractivity contribution in [2.24, 2.45) is 0 Å². The summed E-state index contributed by atoms with van der Waals surface area (Å²) in [5.74, 6) is -0.148. The largest absolute Gasteiger partial charge is 0.485 e. The van der Waals surface area contributed by atoms with Gasteiger partial charge in [-0.25, -0.2) is 0 Å². The number of nitrogens with one attached hydrogen (secondary N) is 1. The van der Waals surface area contributed by atoms with Gasteiger partial charge in [-0.1, -0.05) is 0 Å². The van der Waals surface area contributed by atoms with E-state index < -0.39 is 28.0 Å². The highest BCUT2D eigenvalue weighted by Gasteiger charge is 2.36. The van der Waals surface area contributed by atoms with Crippen molar-refractivity contribution in [1.82, 2.24) is 5.32 Å². The summed E-state index contributed by atoms with van der Waals surface area (Å²) in [7, 11) is 0. The summed E-state index contributed by atoms with van der Waals surface area (Å²) in [6, 6.07) is 2.27. The number of hydrogen-bond donors (Lipinski definition) is 1. The lowest BCUT2D eigenvalue weighted by Gasteiger charge is -2.39. The Morgan fingerprint density at radius 1 is 1.37 bits per heavy atom. The van der Waals surface area contributed by atoms with Gasteiger partial charge >= 0.3 is 6.18 Å². The zero-order valence-electron chi connectivity index (χ0n) is 9.95. The van der Waals surface area contributed by atoms with Crippen molar-refractivity contribution in [1.29, 1.82) is 0 Å². The Hall–Kier alpha value is -1.83. The highest BCUT2D eigenvalue weighted by atomic mass is 19.4. The number of nitrogens with zero attached hydrogens (tertiary/aromatic N) is 1. The lowest BCUT2D eigenvalue weighted by molar-refractivity contribution is -0.385. The summed E-state index contributed by atoms with van der Waals surface area (Å²) in [5, 5.41) is 13.6. The van der Waals surface area contributed by atoms with Gasteiger partial charge in [0.15, 0.2) is 0 Å². The molecule has 104 valence electrons. The standard InChI is InChI=1S/C11H11F3N2O3/c1-10(5-15-6-10)19-9-3-7(11(12,13)14)2-8(4-9)16(17)18/h2-4,15H,5-6H2,1H3. The Morgan fingerprint density at radius 2 is 2.00 bits per heavy atom. The minimum Gasteiger partial charge on any atom is -0.485 e.